The average molecular weight is 1220 g/mol. The highest BCUT2D eigenvalue weighted by Gasteiger charge is 2.28. The number of nitriles is 1. The van der Waals surface area contributed by atoms with Gasteiger partial charge in [0.15, 0.2) is 5.75 Å². The van der Waals surface area contributed by atoms with E-state index in [9.17, 15) is 40.0 Å². The number of hydrogen-bond acceptors (Lipinski definition) is 14. The van der Waals surface area contributed by atoms with Gasteiger partial charge < -0.3 is 20.8 Å². The van der Waals surface area contributed by atoms with Crippen molar-refractivity contribution in [1.82, 2.24) is 0 Å². The number of benzene rings is 11. The molecule has 0 atom stereocenters. The number of ketones is 1. The van der Waals surface area contributed by atoms with Crippen molar-refractivity contribution in [2.45, 2.75) is 26.9 Å². The molecular weight excluding hydrogens is 1180 g/mol. The number of azo groups is 2. The lowest BCUT2D eigenvalue weighted by Gasteiger charge is -2.13. The largest absolute Gasteiger partial charge is 0.505 e. The number of rotatable bonds is 14. The van der Waals surface area contributed by atoms with Gasteiger partial charge in [0.1, 0.15) is 23.7 Å². The summed E-state index contributed by atoms with van der Waals surface area (Å²) in [6.07, 6.45) is 0.219. The van der Waals surface area contributed by atoms with Crippen LogP contribution in [0.5, 0.6) is 11.5 Å². The fraction of sp³-hybridized carbons (Fsp3) is 0.0580. The van der Waals surface area contributed by atoms with Crippen molar-refractivity contribution in [1.29, 1.82) is 5.26 Å². The molecule has 11 aromatic carbocycles. The number of nitrogens with zero attached hydrogens (tertiary/aromatic N) is 7. The molecule has 0 heterocycles. The Kier molecular flexibility index (Phi) is 16.6. The number of halogens is 1. The maximum atomic E-state index is 13.8. The van der Waals surface area contributed by atoms with Gasteiger partial charge in [-0.1, -0.05) is 103 Å². The summed E-state index contributed by atoms with van der Waals surface area (Å²) in [5, 5.41) is 75.3. The summed E-state index contributed by atoms with van der Waals surface area (Å²) in [4.78, 5) is 56.1. The van der Waals surface area contributed by atoms with E-state index in [0.29, 0.717) is 66.9 Å². The zero-order valence-electron chi connectivity index (χ0n) is 46.7. The first-order valence-electron chi connectivity index (χ1n) is 27.3. The van der Waals surface area contributed by atoms with Crippen LogP contribution in [-0.2, 0) is 21.0 Å². The van der Waals surface area contributed by atoms with Crippen molar-refractivity contribution in [2.75, 3.05) is 16.1 Å². The molecule has 1 aliphatic carbocycles. The van der Waals surface area contributed by atoms with Crippen LogP contribution in [0.15, 0.2) is 225 Å². The lowest BCUT2D eigenvalue weighted by Crippen LogP contribution is -2.21. The molecule has 428 valence electrons. The topological polar surface area (TPSA) is 258 Å². The highest BCUT2D eigenvalue weighted by atomic mass is 79.9. The number of anilines is 3. The zero-order chi connectivity index (χ0) is 61.6. The molecule has 0 unspecified atom stereocenters. The summed E-state index contributed by atoms with van der Waals surface area (Å²) in [5.74, 6) is -2.07. The van der Waals surface area contributed by atoms with Crippen LogP contribution in [0.2, 0.25) is 0 Å². The van der Waals surface area contributed by atoms with Crippen LogP contribution in [0.25, 0.3) is 64.6 Å². The molecule has 88 heavy (non-hydrogen) atoms. The number of carbonyl (C=O) groups excluding carboxylic acids is 3. The molecule has 0 bridgehead atoms. The van der Waals surface area contributed by atoms with Gasteiger partial charge >= 0.3 is 0 Å². The highest BCUT2D eigenvalue weighted by Crippen LogP contribution is 2.50. The second kappa shape index (κ2) is 25.2. The van der Waals surface area contributed by atoms with E-state index in [4.69, 9.17) is 11.4 Å². The Hall–Kier alpha value is -11.8. The SMILES string of the molecule is CCC(=O)C(=O)Nc1ccccc1Br.[C-]#[N+]/C(C#N)=C1\c2cc(N=Nc3c(O)c(CONc4cccc([N+](=O)[O-])c4)cc4cc5ccccc5cc34)ccc2-c2ccc(N=Nc3c(O)c(C(=O)Nc4ccc(C)cc4)cc4cc5ccccc5cc34)cc21. The highest BCUT2D eigenvalue weighted by molar-refractivity contribution is 9.10. The molecule has 0 saturated carbocycles. The van der Waals surface area contributed by atoms with Gasteiger partial charge in [0.2, 0.25) is 5.78 Å². The number of allylic oxidation sites excluding steroid dienone is 1. The van der Waals surface area contributed by atoms with Crippen LogP contribution in [-0.4, -0.2) is 32.7 Å². The van der Waals surface area contributed by atoms with Crippen molar-refractivity contribution in [2.24, 2.45) is 20.5 Å². The molecule has 18 nitrogen and oxygen atoms in total. The number of non-ortho nitro benzene ring substituents is 1. The third kappa shape index (κ3) is 12.1. The van der Waals surface area contributed by atoms with Crippen LogP contribution in [0.4, 0.5) is 45.5 Å². The van der Waals surface area contributed by atoms with E-state index >= 15 is 0 Å². The van der Waals surface area contributed by atoms with Gasteiger partial charge in [0.05, 0.1) is 45.9 Å². The number of aryl methyl sites for hydroxylation is 1. The maximum absolute atomic E-state index is 13.8. The number of nitro benzene ring substituents is 1. The van der Waals surface area contributed by atoms with E-state index in [1.165, 1.54) is 18.2 Å². The molecule has 0 saturated heterocycles. The van der Waals surface area contributed by atoms with Crippen LogP contribution in [0.1, 0.15) is 46.0 Å². The summed E-state index contributed by atoms with van der Waals surface area (Å²) in [6, 6.07) is 59.6. The quantitative estimate of drug-likeness (QED) is 0.0131. The van der Waals surface area contributed by atoms with Crippen molar-refractivity contribution >= 4 is 128 Å². The van der Waals surface area contributed by atoms with Gasteiger partial charge in [-0.15, -0.1) is 10.2 Å². The molecule has 5 N–H and O–H groups in total. The number of fused-ring (bicyclic) bond motifs is 7. The number of aromatic hydroxyl groups is 2. The molecule has 2 amide bonds. The average Bonchev–Trinajstić information content (AvgIpc) is 1.54. The van der Waals surface area contributed by atoms with E-state index < -0.39 is 22.5 Å². The Morgan fingerprint density at radius 1 is 0.636 bits per heavy atom. The van der Waals surface area contributed by atoms with Crippen LogP contribution >= 0.6 is 15.9 Å². The number of phenolic OH excluding ortho intramolecular Hbond substituents is 2. The maximum Gasteiger partial charge on any atom is 0.291 e. The number of para-hydroxylation sites is 1. The minimum absolute atomic E-state index is 0.00646. The second-order valence-corrected chi connectivity index (χ2v) is 21.1. The lowest BCUT2D eigenvalue weighted by molar-refractivity contribution is -0.384. The van der Waals surface area contributed by atoms with E-state index in [-0.39, 0.29) is 52.8 Å². The predicted octanol–water partition coefficient (Wildman–Crippen LogP) is 18.1. The Balaban J connectivity index is 0.000000505. The third-order valence-electron chi connectivity index (χ3n) is 14.5. The zero-order valence-corrected chi connectivity index (χ0v) is 48.3. The summed E-state index contributed by atoms with van der Waals surface area (Å²) in [5.41, 5.74) is 9.21. The van der Waals surface area contributed by atoms with Gasteiger partial charge in [-0.2, -0.15) is 10.2 Å². The molecule has 0 aromatic heterocycles. The standard InChI is InChI=1S/C59H37N9O6.C10H10BrNO2/c1-33-14-16-41(17-15-33)62-59(71)52-27-39-23-35-9-4-6-11-37(35)26-49(39)56(58(52)70)66-64-43-19-21-47-46-20-18-42(29-50(46)54(51(47)30-43)53(31-60)61-2)63-65-55-48-25-36-10-5-3-8-34(36)22-38(48)24-40(57(55)69)32-74-67-44-12-7-13-45(28-44)68(72)73;1-2-9(13)10(14)12-8-6-4-3-5-7(8)11/h3-30,67,69-70H,32H2,1H3,(H,62,71);3-6H,2H2,1H3,(H,12,14)/b54-53+,65-63?,66-64?;. The molecular formula is C69H47BrN10O8. The van der Waals surface area contributed by atoms with E-state index in [0.717, 1.165) is 48.1 Å². The van der Waals surface area contributed by atoms with E-state index in [2.05, 4.69) is 63.4 Å². The lowest BCUT2D eigenvalue weighted by atomic mass is 9.99. The monoisotopic (exact) mass is 1220 g/mol. The Labute approximate surface area is 510 Å². The van der Waals surface area contributed by atoms with Crippen LogP contribution < -0.4 is 16.1 Å². The first-order chi connectivity index (χ1) is 42.7. The minimum Gasteiger partial charge on any atom is -0.505 e. The molecule has 12 rings (SSSR count). The first-order valence-corrected chi connectivity index (χ1v) is 28.1. The minimum atomic E-state index is -0.570. The van der Waals surface area contributed by atoms with Crippen LogP contribution in [0.3, 0.4) is 0 Å². The van der Waals surface area contributed by atoms with Crippen molar-refractivity contribution in [3.63, 3.8) is 0 Å². The first kappa shape index (κ1) is 58.0. The van der Waals surface area contributed by atoms with Crippen molar-refractivity contribution < 1.29 is 34.4 Å². The predicted molar refractivity (Wildman–Crippen MR) is 343 cm³/mol. The molecule has 0 fully saturated rings. The van der Waals surface area contributed by atoms with Gasteiger partial charge in [-0.25, -0.2) is 10.1 Å². The fourth-order valence-corrected chi connectivity index (χ4v) is 10.5. The molecule has 0 spiro atoms. The summed E-state index contributed by atoms with van der Waals surface area (Å²) in [6.45, 7) is 11.5. The summed E-state index contributed by atoms with van der Waals surface area (Å²) in [7, 11) is 0. The number of phenols is 2. The van der Waals surface area contributed by atoms with Gasteiger partial charge in [0.25, 0.3) is 23.2 Å². The molecule has 0 radical (unpaired) electrons. The molecule has 0 aliphatic heterocycles. The Bertz CT molecular complexity index is 4880. The van der Waals surface area contributed by atoms with Crippen molar-refractivity contribution in [3.05, 3.63) is 254 Å². The second-order valence-electron chi connectivity index (χ2n) is 20.2. The van der Waals surface area contributed by atoms with E-state index in [1.807, 2.05) is 110 Å². The van der Waals surface area contributed by atoms with Gasteiger partial charge in [0, 0.05) is 50.6 Å². The van der Waals surface area contributed by atoms with Crippen molar-refractivity contribution in [3.8, 4) is 28.7 Å². The smallest absolute Gasteiger partial charge is 0.291 e. The number of amides is 2. The Morgan fingerprint density at radius 3 is 1.77 bits per heavy atom. The number of Topliss-reactive ketones (excluding diaryl/α,β-unsaturated/α-hetero) is 1. The van der Waals surface area contributed by atoms with E-state index in [1.54, 1.807) is 79.7 Å². The van der Waals surface area contributed by atoms with Gasteiger partial charge in [-0.05, 0) is 168 Å². The van der Waals surface area contributed by atoms with Gasteiger partial charge in [-0.3, -0.25) is 34.8 Å². The van der Waals surface area contributed by atoms with Crippen LogP contribution in [0, 0.1) is 34.9 Å². The number of carbonyl (C=O) groups is 3. The number of hydrogen-bond donors (Lipinski definition) is 5. The third-order valence-corrected chi connectivity index (χ3v) is 15.2. The number of nitrogens with one attached hydrogen (secondary N) is 3. The normalized spacial score (nSPS) is 12.1. The fourth-order valence-electron chi connectivity index (χ4n) is 10.1. The Morgan fingerprint density at radius 2 is 1.20 bits per heavy atom. The summed E-state index contributed by atoms with van der Waals surface area (Å²) >= 11 is 3.27. The summed E-state index contributed by atoms with van der Waals surface area (Å²) < 4.78 is 0.761. The number of nitro groups is 1. The molecule has 1 aliphatic rings. The molecule has 19 heteroatoms. The molecule has 11 aromatic rings.